The molecule has 0 unspecified atom stereocenters. The molecule has 0 radical (unpaired) electrons. The molecule has 0 atom stereocenters. The summed E-state index contributed by atoms with van der Waals surface area (Å²) in [6.45, 7) is 7.35. The van der Waals surface area contributed by atoms with Gasteiger partial charge < -0.3 is 20.4 Å². The van der Waals surface area contributed by atoms with Crippen LogP contribution in [-0.4, -0.2) is 89.2 Å². The van der Waals surface area contributed by atoms with Gasteiger partial charge in [-0.05, 0) is 48.9 Å². The molecule has 41 heavy (non-hydrogen) atoms. The van der Waals surface area contributed by atoms with Gasteiger partial charge in [0, 0.05) is 106 Å². The fourth-order valence-electron chi connectivity index (χ4n) is 6.63. The molecule has 5 heterocycles. The lowest BCUT2D eigenvalue weighted by molar-refractivity contribution is -0.128. The van der Waals surface area contributed by atoms with Crippen LogP contribution in [0, 0.1) is 5.41 Å². The Morgan fingerprint density at radius 2 is 1.93 bits per heavy atom. The molecule has 4 aliphatic rings. The maximum Gasteiger partial charge on any atom is 0.264 e. The van der Waals surface area contributed by atoms with E-state index in [4.69, 9.17) is 0 Å². The molecule has 2 saturated heterocycles. The summed E-state index contributed by atoms with van der Waals surface area (Å²) in [5.74, 6) is 0.281. The van der Waals surface area contributed by atoms with Crippen molar-refractivity contribution in [3.05, 3.63) is 46.9 Å². The van der Waals surface area contributed by atoms with Crippen LogP contribution in [0.5, 0.6) is 0 Å². The van der Waals surface area contributed by atoms with Crippen molar-refractivity contribution in [2.24, 2.45) is 7.05 Å². The molecule has 0 aliphatic carbocycles. The van der Waals surface area contributed by atoms with Gasteiger partial charge in [0.05, 0.1) is 12.7 Å². The molecule has 6 rings (SSSR count). The Labute approximate surface area is 240 Å². The van der Waals surface area contributed by atoms with Crippen LogP contribution in [-0.2, 0) is 18.3 Å². The van der Waals surface area contributed by atoms with Gasteiger partial charge in [-0.25, -0.2) is 8.78 Å². The van der Waals surface area contributed by atoms with Crippen molar-refractivity contribution in [2.45, 2.75) is 57.5 Å². The summed E-state index contributed by atoms with van der Waals surface area (Å²) in [5.41, 5.74) is 4.53. The van der Waals surface area contributed by atoms with Crippen LogP contribution in [0.3, 0.4) is 0 Å². The summed E-state index contributed by atoms with van der Waals surface area (Å²) in [6.07, 6.45) is 5.03. The Balaban J connectivity index is 1.29. The molecule has 4 aliphatic heterocycles. The van der Waals surface area contributed by atoms with Crippen molar-refractivity contribution in [3.63, 3.8) is 0 Å². The predicted molar refractivity (Wildman–Crippen MR) is 155 cm³/mol. The van der Waals surface area contributed by atoms with Crippen LogP contribution >= 0.6 is 0 Å². The number of piperidine rings is 1. The number of carbonyl (C=O) groups is 1. The highest BCUT2D eigenvalue weighted by Gasteiger charge is 2.33. The number of fused-ring (bicyclic) bond motifs is 1. The molecule has 220 valence electrons. The number of hydrogen-bond acceptors (Lipinski definition) is 6. The highest BCUT2D eigenvalue weighted by atomic mass is 19.3. The number of amides is 1. The zero-order valence-electron chi connectivity index (χ0n) is 23.9. The summed E-state index contributed by atoms with van der Waals surface area (Å²) in [5, 5.41) is 20.7. The number of alkyl halides is 2. The third-order valence-corrected chi connectivity index (χ3v) is 9.15. The second kappa shape index (κ2) is 11.5. The minimum absolute atomic E-state index is 0.0168. The first-order chi connectivity index (χ1) is 19.8. The predicted octanol–water partition coefficient (Wildman–Crippen LogP) is 3.29. The second-order valence-electron chi connectivity index (χ2n) is 11.8. The average molecular weight is 567 g/mol. The van der Waals surface area contributed by atoms with E-state index >= 15 is 0 Å². The van der Waals surface area contributed by atoms with Crippen LogP contribution in [0.25, 0.3) is 11.1 Å². The van der Waals surface area contributed by atoms with E-state index in [9.17, 15) is 19.0 Å². The number of rotatable bonds is 6. The topological polar surface area (TPSA) is 92.5 Å². The van der Waals surface area contributed by atoms with Gasteiger partial charge >= 0.3 is 0 Å². The number of nitrogens with zero attached hydrogens (tertiary/aromatic N) is 5. The first-order valence-corrected chi connectivity index (χ1v) is 14.8. The molecule has 0 bridgehead atoms. The SMILES string of the molecule is CC(=O)N1CCC(NC2CCN(C3CNC3)CC2)=C(C(=N)N2CCCc3cc(-c4cnn(C)c4)c(C(F)F)cc32)C1. The zero-order chi connectivity index (χ0) is 28.7. The Kier molecular flexibility index (Phi) is 7.82. The van der Waals surface area contributed by atoms with E-state index in [-0.39, 0.29) is 11.5 Å². The number of aromatic nitrogens is 2. The number of benzene rings is 1. The third kappa shape index (κ3) is 5.61. The minimum Gasteiger partial charge on any atom is -0.385 e. The summed E-state index contributed by atoms with van der Waals surface area (Å²) in [6, 6.07) is 4.39. The summed E-state index contributed by atoms with van der Waals surface area (Å²) >= 11 is 0. The Hall–Kier alpha value is -3.31. The molecule has 0 spiro atoms. The van der Waals surface area contributed by atoms with E-state index in [1.54, 1.807) is 42.0 Å². The molecular weight excluding hydrogens is 526 g/mol. The largest absolute Gasteiger partial charge is 0.385 e. The molecule has 1 aromatic carbocycles. The van der Waals surface area contributed by atoms with E-state index in [2.05, 4.69) is 20.6 Å². The monoisotopic (exact) mass is 566 g/mol. The average Bonchev–Trinajstić information content (AvgIpc) is 3.37. The van der Waals surface area contributed by atoms with Gasteiger partial charge in [-0.1, -0.05) is 0 Å². The summed E-state index contributed by atoms with van der Waals surface area (Å²) in [4.78, 5) is 18.6. The fourth-order valence-corrected chi connectivity index (χ4v) is 6.63. The number of aryl methyl sites for hydroxylation is 2. The number of anilines is 1. The van der Waals surface area contributed by atoms with Crippen LogP contribution in [0.15, 0.2) is 35.8 Å². The van der Waals surface area contributed by atoms with Gasteiger partial charge in [-0.15, -0.1) is 0 Å². The van der Waals surface area contributed by atoms with Crippen LogP contribution in [0.2, 0.25) is 0 Å². The zero-order valence-corrected chi connectivity index (χ0v) is 23.9. The molecule has 2 aromatic rings. The standard InChI is InChI=1S/C30H40F2N8O/c1-19(41)39-11-7-27(36-22-5-9-38(10-6-22)23-15-34-16-23)26(18-39)30(33)40-8-3-4-20-12-24(21-14-35-37(2)17-21)25(29(31)32)13-28(20)40/h12-14,17,22-23,29,33-34,36H,3-11,15-16,18H2,1-2H3. The van der Waals surface area contributed by atoms with Gasteiger partial charge in [0.25, 0.3) is 6.43 Å². The molecular formula is C30H40F2N8O. The smallest absolute Gasteiger partial charge is 0.264 e. The Morgan fingerprint density at radius 1 is 1.15 bits per heavy atom. The Bertz CT molecular complexity index is 1340. The first kappa shape index (κ1) is 27.8. The summed E-state index contributed by atoms with van der Waals surface area (Å²) < 4.78 is 30.4. The lowest BCUT2D eigenvalue weighted by Gasteiger charge is -2.43. The van der Waals surface area contributed by atoms with Crippen LogP contribution in [0.4, 0.5) is 14.5 Å². The van der Waals surface area contributed by atoms with Crippen molar-refractivity contribution in [1.82, 2.24) is 30.2 Å². The van der Waals surface area contributed by atoms with E-state index in [1.165, 1.54) is 0 Å². The first-order valence-electron chi connectivity index (χ1n) is 14.8. The van der Waals surface area contributed by atoms with E-state index < -0.39 is 6.43 Å². The van der Waals surface area contributed by atoms with Crippen molar-refractivity contribution in [3.8, 4) is 11.1 Å². The molecule has 1 aromatic heterocycles. The van der Waals surface area contributed by atoms with Gasteiger partial charge in [-0.2, -0.15) is 5.10 Å². The Morgan fingerprint density at radius 3 is 2.56 bits per heavy atom. The molecule has 1 amide bonds. The van der Waals surface area contributed by atoms with E-state index in [0.717, 1.165) is 68.7 Å². The van der Waals surface area contributed by atoms with Crippen molar-refractivity contribution < 1.29 is 13.6 Å². The number of hydrogen-bond donors (Lipinski definition) is 3. The normalized spacial score (nSPS) is 20.8. The number of likely N-dealkylation sites (tertiary alicyclic amines) is 1. The third-order valence-electron chi connectivity index (χ3n) is 9.15. The molecule has 9 nitrogen and oxygen atoms in total. The maximum absolute atomic E-state index is 14.4. The molecule has 11 heteroatoms. The summed E-state index contributed by atoms with van der Waals surface area (Å²) in [7, 11) is 1.77. The number of nitrogens with one attached hydrogen (secondary N) is 3. The van der Waals surface area contributed by atoms with Gasteiger partial charge in [-0.3, -0.25) is 19.8 Å². The van der Waals surface area contributed by atoms with Crippen molar-refractivity contribution >= 4 is 17.4 Å². The van der Waals surface area contributed by atoms with Gasteiger partial charge in [0.1, 0.15) is 5.84 Å². The van der Waals surface area contributed by atoms with Crippen LogP contribution in [0.1, 0.15) is 50.2 Å². The lowest BCUT2D eigenvalue weighted by Crippen LogP contribution is -2.59. The number of halogens is 2. The number of carbonyl (C=O) groups excluding carboxylic acids is 1. The molecule has 2 fully saturated rings. The van der Waals surface area contributed by atoms with Crippen molar-refractivity contribution in [1.29, 1.82) is 5.41 Å². The quantitative estimate of drug-likeness (QED) is 0.367. The van der Waals surface area contributed by atoms with Gasteiger partial charge in [0.2, 0.25) is 5.91 Å². The fraction of sp³-hybridized carbons (Fsp3) is 0.567. The van der Waals surface area contributed by atoms with Crippen LogP contribution < -0.4 is 15.5 Å². The molecule has 0 saturated carbocycles. The highest BCUT2D eigenvalue weighted by molar-refractivity contribution is 6.09. The van der Waals surface area contributed by atoms with Crippen molar-refractivity contribution in [2.75, 3.05) is 50.7 Å². The van der Waals surface area contributed by atoms with E-state index in [1.807, 2.05) is 11.0 Å². The number of amidine groups is 1. The second-order valence-corrected chi connectivity index (χ2v) is 11.8. The highest BCUT2D eigenvalue weighted by Crippen LogP contribution is 2.39. The lowest BCUT2D eigenvalue weighted by atomic mass is 9.92. The molecule has 3 N–H and O–H groups in total. The van der Waals surface area contributed by atoms with Gasteiger partial charge in [0.15, 0.2) is 0 Å². The van der Waals surface area contributed by atoms with E-state index in [0.29, 0.717) is 60.8 Å². The maximum atomic E-state index is 14.4. The minimum atomic E-state index is -2.66.